The molecule has 0 amide bonds. The Labute approximate surface area is 98.2 Å². The molecule has 5 heteroatoms. The van der Waals surface area contributed by atoms with Gasteiger partial charge in [0.15, 0.2) is 0 Å². The number of rotatable bonds is 3. The molecular weight excluding hydrogens is 237 g/mol. The second kappa shape index (κ2) is 4.81. The molecule has 0 saturated heterocycles. The summed E-state index contributed by atoms with van der Waals surface area (Å²) in [7, 11) is 0. The first kappa shape index (κ1) is 12.3. The van der Waals surface area contributed by atoms with Crippen molar-refractivity contribution >= 4 is 28.9 Å². The maximum absolute atomic E-state index is 10.9. The van der Waals surface area contributed by atoms with E-state index >= 15 is 0 Å². The van der Waals surface area contributed by atoms with Gasteiger partial charge in [-0.2, -0.15) is 0 Å². The van der Waals surface area contributed by atoms with Crippen molar-refractivity contribution in [2.45, 2.75) is 25.6 Å². The number of benzene rings is 1. The lowest BCUT2D eigenvalue weighted by Crippen LogP contribution is -2.01. The van der Waals surface area contributed by atoms with Gasteiger partial charge in [-0.3, -0.25) is 10.1 Å². The highest BCUT2D eigenvalue weighted by Gasteiger charge is 2.20. The van der Waals surface area contributed by atoms with Crippen LogP contribution in [-0.4, -0.2) is 4.92 Å². The standard InChI is InChI=1S/C10H11Cl2NO2/c1-6-8(4-11)3-9(5-12)7(2)10(6)13(14)15/h3H,4-5H2,1-2H3. The molecule has 0 heterocycles. The smallest absolute Gasteiger partial charge is 0.258 e. The van der Waals surface area contributed by atoms with Gasteiger partial charge in [0.25, 0.3) is 5.69 Å². The largest absolute Gasteiger partial charge is 0.275 e. The Hall–Kier alpha value is -0.800. The zero-order valence-electron chi connectivity index (χ0n) is 8.51. The van der Waals surface area contributed by atoms with Gasteiger partial charge in [0.2, 0.25) is 0 Å². The highest BCUT2D eigenvalue weighted by Crippen LogP contribution is 2.30. The summed E-state index contributed by atoms with van der Waals surface area (Å²) >= 11 is 11.4. The zero-order valence-corrected chi connectivity index (χ0v) is 10.0. The fourth-order valence-corrected chi connectivity index (χ4v) is 2.12. The summed E-state index contributed by atoms with van der Waals surface area (Å²) in [6.45, 7) is 3.42. The Morgan fingerprint density at radius 1 is 1.20 bits per heavy atom. The third-order valence-electron chi connectivity index (χ3n) is 2.49. The normalized spacial score (nSPS) is 10.4. The fourth-order valence-electron chi connectivity index (χ4n) is 1.56. The molecular formula is C10H11Cl2NO2. The van der Waals surface area contributed by atoms with Gasteiger partial charge < -0.3 is 0 Å². The first-order chi connectivity index (χ1) is 7.02. The molecule has 0 aliphatic heterocycles. The van der Waals surface area contributed by atoms with E-state index in [1.54, 1.807) is 13.8 Å². The predicted molar refractivity (Wildman–Crippen MR) is 61.7 cm³/mol. The minimum absolute atomic E-state index is 0.129. The monoisotopic (exact) mass is 247 g/mol. The molecule has 15 heavy (non-hydrogen) atoms. The third kappa shape index (κ3) is 2.24. The quantitative estimate of drug-likeness (QED) is 0.465. The second-order valence-electron chi connectivity index (χ2n) is 3.32. The van der Waals surface area contributed by atoms with Crippen LogP contribution in [0.15, 0.2) is 6.07 Å². The summed E-state index contributed by atoms with van der Waals surface area (Å²) < 4.78 is 0. The Morgan fingerprint density at radius 3 is 1.87 bits per heavy atom. The molecule has 1 aromatic carbocycles. The highest BCUT2D eigenvalue weighted by molar-refractivity contribution is 6.18. The second-order valence-corrected chi connectivity index (χ2v) is 3.85. The molecule has 0 spiro atoms. The van der Waals surface area contributed by atoms with Crippen molar-refractivity contribution < 1.29 is 4.92 Å². The van der Waals surface area contributed by atoms with Gasteiger partial charge in [-0.25, -0.2) is 0 Å². The molecule has 0 N–H and O–H groups in total. The average Bonchev–Trinajstić information content (AvgIpc) is 2.18. The van der Waals surface area contributed by atoms with Crippen LogP contribution < -0.4 is 0 Å². The Morgan fingerprint density at radius 2 is 1.60 bits per heavy atom. The van der Waals surface area contributed by atoms with Gasteiger partial charge in [0.1, 0.15) is 0 Å². The molecule has 0 aliphatic carbocycles. The molecule has 0 aliphatic rings. The van der Waals surface area contributed by atoms with Crippen molar-refractivity contribution in [2.24, 2.45) is 0 Å². The van der Waals surface area contributed by atoms with E-state index in [0.29, 0.717) is 11.1 Å². The number of nitro benzene ring substituents is 1. The third-order valence-corrected chi connectivity index (χ3v) is 3.07. The van der Waals surface area contributed by atoms with Crippen molar-refractivity contribution in [2.75, 3.05) is 0 Å². The number of hydrogen-bond donors (Lipinski definition) is 0. The van der Waals surface area contributed by atoms with Crippen molar-refractivity contribution in [3.05, 3.63) is 38.4 Å². The van der Waals surface area contributed by atoms with E-state index in [0.717, 1.165) is 11.1 Å². The Kier molecular flexibility index (Phi) is 3.94. The lowest BCUT2D eigenvalue weighted by Gasteiger charge is -2.09. The van der Waals surface area contributed by atoms with Gasteiger partial charge in [0.05, 0.1) is 4.92 Å². The first-order valence-corrected chi connectivity index (χ1v) is 5.48. The maximum Gasteiger partial charge on any atom is 0.275 e. The number of halogens is 2. The van der Waals surface area contributed by atoms with Crippen LogP contribution in [0.1, 0.15) is 22.3 Å². The fraction of sp³-hybridized carbons (Fsp3) is 0.400. The minimum Gasteiger partial charge on any atom is -0.258 e. The van der Waals surface area contributed by atoms with Gasteiger partial charge in [-0.05, 0) is 25.0 Å². The molecule has 0 radical (unpaired) electrons. The van der Waals surface area contributed by atoms with Crippen molar-refractivity contribution in [3.63, 3.8) is 0 Å². The maximum atomic E-state index is 10.9. The summed E-state index contributed by atoms with van der Waals surface area (Å²) in [6.07, 6.45) is 0. The lowest BCUT2D eigenvalue weighted by atomic mass is 9.99. The van der Waals surface area contributed by atoms with Gasteiger partial charge in [-0.15, -0.1) is 23.2 Å². The first-order valence-electron chi connectivity index (χ1n) is 4.41. The topological polar surface area (TPSA) is 43.1 Å². The number of nitrogens with zero attached hydrogens (tertiary/aromatic N) is 1. The summed E-state index contributed by atoms with van der Waals surface area (Å²) in [5.41, 5.74) is 2.92. The van der Waals surface area contributed by atoms with Crippen LogP contribution in [0.3, 0.4) is 0 Å². The summed E-state index contributed by atoms with van der Waals surface area (Å²) in [5.74, 6) is 0.522. The van der Waals surface area contributed by atoms with E-state index in [1.165, 1.54) is 0 Å². The molecule has 82 valence electrons. The Balaban J connectivity index is 3.53. The number of nitro groups is 1. The van der Waals surface area contributed by atoms with Gasteiger partial charge in [0, 0.05) is 22.9 Å². The molecule has 1 rings (SSSR count). The summed E-state index contributed by atoms with van der Waals surface area (Å²) in [4.78, 5) is 10.5. The molecule has 1 aromatic rings. The lowest BCUT2D eigenvalue weighted by molar-refractivity contribution is -0.386. The van der Waals surface area contributed by atoms with Crippen LogP contribution in [0.2, 0.25) is 0 Å². The Bertz CT molecular complexity index is 377. The molecule has 0 fully saturated rings. The average molecular weight is 248 g/mol. The van der Waals surface area contributed by atoms with Crippen LogP contribution in [0.5, 0.6) is 0 Å². The van der Waals surface area contributed by atoms with Crippen LogP contribution in [-0.2, 0) is 11.8 Å². The summed E-state index contributed by atoms with van der Waals surface area (Å²) in [5, 5.41) is 10.9. The van der Waals surface area contributed by atoms with Crippen LogP contribution in [0, 0.1) is 24.0 Å². The van der Waals surface area contributed by atoms with E-state index in [1.807, 2.05) is 6.07 Å². The number of hydrogen-bond acceptors (Lipinski definition) is 2. The van der Waals surface area contributed by atoms with Crippen LogP contribution in [0.25, 0.3) is 0 Å². The van der Waals surface area contributed by atoms with E-state index in [9.17, 15) is 10.1 Å². The zero-order chi connectivity index (χ0) is 11.6. The van der Waals surface area contributed by atoms with E-state index in [2.05, 4.69) is 0 Å². The molecule has 0 unspecified atom stereocenters. The molecule has 0 saturated carbocycles. The highest BCUT2D eigenvalue weighted by atomic mass is 35.5. The van der Waals surface area contributed by atoms with Crippen LogP contribution in [0.4, 0.5) is 5.69 Å². The minimum atomic E-state index is -0.378. The molecule has 3 nitrogen and oxygen atoms in total. The van der Waals surface area contributed by atoms with Crippen molar-refractivity contribution in [1.29, 1.82) is 0 Å². The SMILES string of the molecule is Cc1c(CCl)cc(CCl)c(C)c1[N+](=O)[O-]. The van der Waals surface area contributed by atoms with E-state index < -0.39 is 0 Å². The number of alkyl halides is 2. The van der Waals surface area contributed by atoms with E-state index in [4.69, 9.17) is 23.2 Å². The summed E-state index contributed by atoms with van der Waals surface area (Å²) in [6, 6.07) is 1.83. The van der Waals surface area contributed by atoms with Gasteiger partial charge in [-0.1, -0.05) is 6.07 Å². The predicted octanol–water partition coefficient (Wildman–Crippen LogP) is 3.69. The molecule has 0 bridgehead atoms. The van der Waals surface area contributed by atoms with Crippen LogP contribution >= 0.6 is 23.2 Å². The van der Waals surface area contributed by atoms with Crippen molar-refractivity contribution in [3.8, 4) is 0 Å². The van der Waals surface area contributed by atoms with E-state index in [-0.39, 0.29) is 22.4 Å². The van der Waals surface area contributed by atoms with Crippen molar-refractivity contribution in [1.82, 2.24) is 0 Å². The molecule has 0 aromatic heterocycles. The molecule has 0 atom stereocenters. The van der Waals surface area contributed by atoms with Gasteiger partial charge >= 0.3 is 0 Å².